The van der Waals surface area contributed by atoms with Crippen LogP contribution in [-0.4, -0.2) is 33.7 Å². The summed E-state index contributed by atoms with van der Waals surface area (Å²) in [5, 5.41) is 19.2. The molecule has 3 aromatic heterocycles. The van der Waals surface area contributed by atoms with Gasteiger partial charge in [0.25, 0.3) is 0 Å². The van der Waals surface area contributed by atoms with Crippen LogP contribution in [0.4, 0.5) is 37.8 Å². The quantitative estimate of drug-likeness (QED) is 0.103. The fourth-order valence-electron chi connectivity index (χ4n) is 6.52. The number of hydrogen-bond donors (Lipinski definition) is 2. The fraction of sp³-hybridized carbons (Fsp3) is 0.179. The summed E-state index contributed by atoms with van der Waals surface area (Å²) in [7, 11) is 1.20. The Labute approximate surface area is 302 Å². The first kappa shape index (κ1) is 37.0. The molecule has 0 amide bonds. The van der Waals surface area contributed by atoms with E-state index in [0.717, 1.165) is 18.2 Å². The predicted molar refractivity (Wildman–Crippen MR) is 190 cm³/mol. The number of nitrogens with one attached hydrogen (secondary N) is 2. The largest absolute Gasteiger partial charge is 0.465 e. The van der Waals surface area contributed by atoms with Crippen LogP contribution in [0.25, 0.3) is 43.7 Å². The molecule has 0 aliphatic rings. The summed E-state index contributed by atoms with van der Waals surface area (Å²) in [6.45, 7) is 6.90. The number of anilines is 2. The van der Waals surface area contributed by atoms with Gasteiger partial charge in [0.15, 0.2) is 40.3 Å². The first-order chi connectivity index (χ1) is 25.6. The van der Waals surface area contributed by atoms with Crippen LogP contribution in [0.15, 0.2) is 59.4 Å². The highest BCUT2D eigenvalue weighted by atomic mass is 19.2. The molecule has 15 heteroatoms. The Balaban J connectivity index is 0.000000185. The number of aromatic amines is 2. The van der Waals surface area contributed by atoms with Gasteiger partial charge in [0.2, 0.25) is 0 Å². The standard InChI is InChI=1S/C20H16F3N3O2.C19H12F3N3O/c1-10(2)26(15-7-6-13(21)17(22)18(15)23)19-16(20(27)28-3)12-5-4-11(9-24)8-14(12)25-19;1-8(2)25-17-11(6-12(20)15(21)16(17)22)18(26)14-10-4-3-9(7-23)5-13(10)24-19(14)25/h4-8,10,25H,1-3H3;3-6,8,24H,1-2H3. The Bertz CT molecular complexity index is 2830. The zero-order valence-corrected chi connectivity index (χ0v) is 29.1. The summed E-state index contributed by atoms with van der Waals surface area (Å²) < 4.78 is 90.2. The Kier molecular flexibility index (Phi) is 9.60. The molecule has 0 unspecified atom stereocenters. The van der Waals surface area contributed by atoms with Crippen molar-refractivity contribution in [2.45, 2.75) is 39.8 Å². The maximum atomic E-state index is 14.5. The minimum atomic E-state index is -1.62. The number of fused-ring (bicyclic) bond motifs is 5. The van der Waals surface area contributed by atoms with Gasteiger partial charge in [-0.3, -0.25) is 4.79 Å². The maximum Gasteiger partial charge on any atom is 0.342 e. The molecule has 7 rings (SSSR count). The van der Waals surface area contributed by atoms with Crippen molar-refractivity contribution in [1.29, 1.82) is 10.5 Å². The van der Waals surface area contributed by atoms with Gasteiger partial charge in [0.1, 0.15) is 17.0 Å². The van der Waals surface area contributed by atoms with Gasteiger partial charge in [-0.15, -0.1) is 0 Å². The lowest BCUT2D eigenvalue weighted by atomic mass is 10.1. The molecule has 9 nitrogen and oxygen atoms in total. The van der Waals surface area contributed by atoms with Crippen LogP contribution in [0.3, 0.4) is 0 Å². The van der Waals surface area contributed by atoms with Crippen LogP contribution >= 0.6 is 0 Å². The number of carbonyl (C=O) groups excluding carboxylic acids is 1. The number of ether oxygens (including phenoxy) is 1. The van der Waals surface area contributed by atoms with Gasteiger partial charge in [0, 0.05) is 33.9 Å². The molecular weight excluding hydrogens is 714 g/mol. The van der Waals surface area contributed by atoms with Crippen molar-refractivity contribution in [3.05, 3.63) is 116 Å². The van der Waals surface area contributed by atoms with Crippen LogP contribution in [0, 0.1) is 57.6 Å². The lowest BCUT2D eigenvalue weighted by Gasteiger charge is -2.29. The van der Waals surface area contributed by atoms with E-state index in [1.807, 2.05) is 12.1 Å². The van der Waals surface area contributed by atoms with Crippen LogP contribution in [-0.2, 0) is 4.74 Å². The normalized spacial score (nSPS) is 11.3. The number of aromatic nitrogens is 3. The molecule has 0 radical (unpaired) electrons. The number of methoxy groups -OCH3 is 1. The number of nitriles is 2. The molecule has 3 heterocycles. The Morgan fingerprint density at radius 1 is 0.759 bits per heavy atom. The van der Waals surface area contributed by atoms with Gasteiger partial charge in [-0.25, -0.2) is 31.1 Å². The van der Waals surface area contributed by atoms with E-state index in [-0.39, 0.29) is 39.4 Å². The second kappa shape index (κ2) is 14.0. The van der Waals surface area contributed by atoms with Crippen LogP contribution in [0.5, 0.6) is 0 Å². The third-order valence-electron chi connectivity index (χ3n) is 8.84. The van der Waals surface area contributed by atoms with Crippen molar-refractivity contribution < 1.29 is 35.9 Å². The molecule has 54 heavy (non-hydrogen) atoms. The smallest absolute Gasteiger partial charge is 0.342 e. The Morgan fingerprint density at radius 3 is 1.93 bits per heavy atom. The molecule has 0 saturated carbocycles. The van der Waals surface area contributed by atoms with E-state index in [1.165, 1.54) is 28.7 Å². The third-order valence-corrected chi connectivity index (χ3v) is 8.84. The molecule has 0 bridgehead atoms. The van der Waals surface area contributed by atoms with Crippen molar-refractivity contribution in [3.8, 4) is 12.1 Å². The molecule has 7 aromatic rings. The molecular formula is C39H28F6N6O3. The van der Waals surface area contributed by atoms with Gasteiger partial charge < -0.3 is 24.2 Å². The number of carbonyl (C=O) groups is 1. The van der Waals surface area contributed by atoms with E-state index in [4.69, 9.17) is 15.3 Å². The molecule has 2 N–H and O–H groups in total. The number of nitrogens with zero attached hydrogens (tertiary/aromatic N) is 4. The van der Waals surface area contributed by atoms with Gasteiger partial charge in [-0.05, 0) is 70.2 Å². The van der Waals surface area contributed by atoms with Gasteiger partial charge in [0.05, 0.1) is 52.4 Å². The second-order valence-electron chi connectivity index (χ2n) is 12.8. The molecule has 0 aliphatic heterocycles. The molecule has 0 spiro atoms. The SMILES string of the molecule is CC(C)n1c2[nH]c3cc(C#N)ccc3c2c(=O)c2cc(F)c(F)c(F)c21.COC(=O)c1c(N(c2ccc(F)c(F)c2F)C(C)C)[nH]c2cc(C#N)ccc12. The van der Waals surface area contributed by atoms with Gasteiger partial charge in [-0.2, -0.15) is 10.5 Å². The Morgan fingerprint density at radius 2 is 1.35 bits per heavy atom. The van der Waals surface area contributed by atoms with Crippen molar-refractivity contribution in [3.63, 3.8) is 0 Å². The number of hydrogen-bond acceptors (Lipinski definition) is 6. The molecule has 0 saturated heterocycles. The number of pyridine rings is 1. The highest BCUT2D eigenvalue weighted by Crippen LogP contribution is 2.38. The van der Waals surface area contributed by atoms with E-state index in [9.17, 15) is 35.9 Å². The van der Waals surface area contributed by atoms with E-state index in [2.05, 4.69) is 9.97 Å². The first-order valence-corrected chi connectivity index (χ1v) is 16.3. The first-order valence-electron chi connectivity index (χ1n) is 16.3. The van der Waals surface area contributed by atoms with E-state index >= 15 is 0 Å². The monoisotopic (exact) mass is 742 g/mol. The number of H-pyrrole nitrogens is 2. The van der Waals surface area contributed by atoms with Crippen molar-refractivity contribution in [2.75, 3.05) is 12.0 Å². The van der Waals surface area contributed by atoms with E-state index in [0.29, 0.717) is 38.6 Å². The Hall–Kier alpha value is -6.74. The molecule has 4 aromatic carbocycles. The lowest BCUT2D eigenvalue weighted by molar-refractivity contribution is 0.0603. The summed E-state index contributed by atoms with van der Waals surface area (Å²) in [5.41, 5.74) is 0.972. The summed E-state index contributed by atoms with van der Waals surface area (Å²) in [6.07, 6.45) is 0. The summed E-state index contributed by atoms with van der Waals surface area (Å²) in [6, 6.07) is 15.2. The second-order valence-corrected chi connectivity index (χ2v) is 12.8. The average Bonchev–Trinajstić information content (AvgIpc) is 3.72. The maximum absolute atomic E-state index is 14.5. The zero-order valence-electron chi connectivity index (χ0n) is 29.1. The minimum Gasteiger partial charge on any atom is -0.465 e. The van der Waals surface area contributed by atoms with E-state index < -0.39 is 52.3 Å². The van der Waals surface area contributed by atoms with Crippen LogP contribution in [0.1, 0.15) is 55.2 Å². The predicted octanol–water partition coefficient (Wildman–Crippen LogP) is 9.30. The molecule has 0 fully saturated rings. The fourth-order valence-corrected chi connectivity index (χ4v) is 6.52. The summed E-state index contributed by atoms with van der Waals surface area (Å²) in [5.74, 6) is -9.26. The summed E-state index contributed by atoms with van der Waals surface area (Å²) >= 11 is 0. The zero-order chi connectivity index (χ0) is 39.3. The third kappa shape index (κ3) is 5.93. The van der Waals surface area contributed by atoms with E-state index in [1.54, 1.807) is 52.0 Å². The minimum absolute atomic E-state index is 0.0971. The molecule has 0 atom stereocenters. The topological polar surface area (TPSA) is 131 Å². The average molecular weight is 743 g/mol. The van der Waals surface area contributed by atoms with Crippen molar-refractivity contribution in [1.82, 2.24) is 14.5 Å². The lowest BCUT2D eigenvalue weighted by Crippen LogP contribution is -2.28. The highest BCUT2D eigenvalue weighted by molar-refractivity contribution is 6.11. The molecule has 0 aliphatic carbocycles. The number of benzene rings is 4. The van der Waals surface area contributed by atoms with Crippen molar-refractivity contribution in [2.24, 2.45) is 0 Å². The van der Waals surface area contributed by atoms with Crippen molar-refractivity contribution >= 4 is 61.2 Å². The highest BCUT2D eigenvalue weighted by Gasteiger charge is 2.29. The van der Waals surface area contributed by atoms with Gasteiger partial charge >= 0.3 is 5.97 Å². The number of halogens is 6. The number of rotatable bonds is 5. The summed E-state index contributed by atoms with van der Waals surface area (Å²) in [4.78, 5) is 32.8. The number of esters is 1. The van der Waals surface area contributed by atoms with Crippen LogP contribution in [0.2, 0.25) is 0 Å². The van der Waals surface area contributed by atoms with Crippen LogP contribution < -0.4 is 10.3 Å². The van der Waals surface area contributed by atoms with Gasteiger partial charge in [-0.1, -0.05) is 12.1 Å². The molecule has 274 valence electrons.